The van der Waals surface area contributed by atoms with E-state index in [0.717, 1.165) is 67.2 Å². The number of piperidine rings is 1. The summed E-state index contributed by atoms with van der Waals surface area (Å²) in [5.74, 6) is 3.07. The van der Waals surface area contributed by atoms with E-state index in [0.29, 0.717) is 41.9 Å². The van der Waals surface area contributed by atoms with Gasteiger partial charge < -0.3 is 38.6 Å². The fraction of sp³-hybridized carbons (Fsp3) is 0.375. The first-order valence-corrected chi connectivity index (χ1v) is 17.4. The van der Waals surface area contributed by atoms with E-state index in [-0.39, 0.29) is 11.8 Å². The van der Waals surface area contributed by atoms with Crippen LogP contribution in [-0.2, 0) is 6.54 Å². The zero-order chi connectivity index (χ0) is 35.7. The third-order valence-corrected chi connectivity index (χ3v) is 9.77. The molecule has 1 saturated heterocycles. The first kappa shape index (κ1) is 35.5. The topological polar surface area (TPSA) is 103 Å². The minimum absolute atomic E-state index is 0.116. The van der Waals surface area contributed by atoms with Gasteiger partial charge in [0, 0.05) is 56.6 Å². The first-order chi connectivity index (χ1) is 24.9. The maximum absolute atomic E-state index is 13.8. The summed E-state index contributed by atoms with van der Waals surface area (Å²) in [5.41, 5.74) is 4.88. The van der Waals surface area contributed by atoms with Crippen LogP contribution in [0.25, 0.3) is 11.0 Å². The SMILES string of the molecule is COc1ccc(C(CCN2CCC(Nc3nc4ccccc4n3Cc3cccnc3)CC2)CN(C)C(=O)c2cc(OC)c(OC)c(OC)c2)cc1. The number of methoxy groups -OCH3 is 4. The van der Waals surface area contributed by atoms with Gasteiger partial charge in [0.1, 0.15) is 5.75 Å². The van der Waals surface area contributed by atoms with E-state index in [1.165, 1.54) is 5.56 Å². The molecule has 3 heterocycles. The summed E-state index contributed by atoms with van der Waals surface area (Å²) in [7, 11) is 8.17. The number of nitrogens with one attached hydrogen (secondary N) is 1. The molecular weight excluding hydrogens is 644 g/mol. The molecule has 0 bridgehead atoms. The van der Waals surface area contributed by atoms with Gasteiger partial charge in [0.2, 0.25) is 11.7 Å². The molecule has 11 heteroatoms. The lowest BCUT2D eigenvalue weighted by Crippen LogP contribution is -2.40. The number of ether oxygens (including phenoxy) is 4. The smallest absolute Gasteiger partial charge is 0.253 e. The number of amides is 1. The number of pyridine rings is 1. The number of benzene rings is 3. The van der Waals surface area contributed by atoms with Crippen molar-refractivity contribution in [3.05, 3.63) is 102 Å². The van der Waals surface area contributed by atoms with Crippen LogP contribution in [0.4, 0.5) is 5.95 Å². The molecule has 5 aromatic rings. The van der Waals surface area contributed by atoms with Crippen LogP contribution in [0.15, 0.2) is 85.2 Å². The molecule has 51 heavy (non-hydrogen) atoms. The highest BCUT2D eigenvalue weighted by Gasteiger charge is 2.25. The zero-order valence-corrected chi connectivity index (χ0v) is 30.2. The molecule has 1 amide bonds. The Morgan fingerprint density at radius 3 is 2.29 bits per heavy atom. The van der Waals surface area contributed by atoms with E-state index in [2.05, 4.69) is 56.2 Å². The molecule has 2 aromatic heterocycles. The van der Waals surface area contributed by atoms with Gasteiger partial charge >= 0.3 is 0 Å². The predicted molar refractivity (Wildman–Crippen MR) is 200 cm³/mol. The number of para-hydroxylation sites is 2. The highest BCUT2D eigenvalue weighted by Crippen LogP contribution is 2.38. The van der Waals surface area contributed by atoms with Crippen molar-refractivity contribution in [1.29, 1.82) is 0 Å². The van der Waals surface area contributed by atoms with Gasteiger partial charge in [-0.15, -0.1) is 0 Å². The Morgan fingerprint density at radius 2 is 1.65 bits per heavy atom. The fourth-order valence-corrected chi connectivity index (χ4v) is 6.92. The number of nitrogens with zero attached hydrogens (tertiary/aromatic N) is 5. The number of carbonyl (C=O) groups excluding carboxylic acids is 1. The maximum Gasteiger partial charge on any atom is 0.253 e. The number of anilines is 1. The molecule has 0 saturated carbocycles. The van der Waals surface area contributed by atoms with Crippen molar-refractivity contribution in [3.8, 4) is 23.0 Å². The molecule has 268 valence electrons. The Kier molecular flexibility index (Phi) is 11.6. The Morgan fingerprint density at radius 1 is 0.922 bits per heavy atom. The van der Waals surface area contributed by atoms with Gasteiger partial charge in [-0.05, 0) is 79.4 Å². The number of hydrogen-bond acceptors (Lipinski definition) is 9. The molecule has 1 fully saturated rings. The molecule has 1 aliphatic rings. The fourth-order valence-electron chi connectivity index (χ4n) is 6.92. The first-order valence-electron chi connectivity index (χ1n) is 17.4. The van der Waals surface area contributed by atoms with E-state index in [4.69, 9.17) is 23.9 Å². The van der Waals surface area contributed by atoms with Gasteiger partial charge in [-0.1, -0.05) is 30.3 Å². The van der Waals surface area contributed by atoms with Crippen molar-refractivity contribution < 1.29 is 23.7 Å². The van der Waals surface area contributed by atoms with Gasteiger partial charge in [-0.2, -0.15) is 0 Å². The second-order valence-corrected chi connectivity index (χ2v) is 13.0. The average molecular weight is 693 g/mol. The highest BCUT2D eigenvalue weighted by molar-refractivity contribution is 5.95. The van der Waals surface area contributed by atoms with Crippen molar-refractivity contribution in [3.63, 3.8) is 0 Å². The van der Waals surface area contributed by atoms with Gasteiger partial charge in [0.15, 0.2) is 11.5 Å². The number of hydrogen-bond donors (Lipinski definition) is 1. The standard InChI is InChI=1S/C40H48N6O5/c1-44(39(47)31-23-36(49-3)38(51-5)37(24-31)50-4)27-30(29-12-14-33(48-2)15-13-29)16-20-45-21-17-32(18-22-45)42-40-43-34-10-6-7-11-35(34)46(40)26-28-9-8-19-41-25-28/h6-15,19,23-25,30,32H,16-18,20-22,26-27H2,1-5H3,(H,42,43). The summed E-state index contributed by atoms with van der Waals surface area (Å²) >= 11 is 0. The third kappa shape index (κ3) is 8.37. The number of imidazole rings is 1. The van der Waals surface area contributed by atoms with Crippen LogP contribution in [0.2, 0.25) is 0 Å². The van der Waals surface area contributed by atoms with Crippen molar-refractivity contribution in [1.82, 2.24) is 24.3 Å². The summed E-state index contributed by atoms with van der Waals surface area (Å²) in [4.78, 5) is 27.4. The molecule has 1 N–H and O–H groups in total. The van der Waals surface area contributed by atoms with Crippen LogP contribution in [0, 0.1) is 0 Å². The average Bonchev–Trinajstić information content (AvgIpc) is 3.52. The van der Waals surface area contributed by atoms with Gasteiger partial charge in [0.05, 0.1) is 46.0 Å². The van der Waals surface area contributed by atoms with Crippen molar-refractivity contribution >= 4 is 22.9 Å². The number of likely N-dealkylation sites (N-methyl/N-ethyl adjacent to an activating group) is 1. The molecule has 0 radical (unpaired) electrons. The Hall–Kier alpha value is -5.29. The molecule has 6 rings (SSSR count). The molecule has 11 nitrogen and oxygen atoms in total. The molecule has 0 aliphatic carbocycles. The minimum atomic E-state index is -0.116. The van der Waals surface area contributed by atoms with E-state index in [1.807, 2.05) is 37.5 Å². The van der Waals surface area contributed by atoms with Crippen LogP contribution < -0.4 is 24.3 Å². The predicted octanol–water partition coefficient (Wildman–Crippen LogP) is 6.34. The summed E-state index contributed by atoms with van der Waals surface area (Å²) in [6.07, 6.45) is 6.65. The van der Waals surface area contributed by atoms with Crippen molar-refractivity contribution in [2.24, 2.45) is 0 Å². The maximum atomic E-state index is 13.8. The largest absolute Gasteiger partial charge is 0.497 e. The summed E-state index contributed by atoms with van der Waals surface area (Å²) in [6.45, 7) is 4.15. The lowest BCUT2D eigenvalue weighted by atomic mass is 9.93. The molecule has 0 spiro atoms. The third-order valence-electron chi connectivity index (χ3n) is 9.77. The lowest BCUT2D eigenvalue weighted by Gasteiger charge is -2.34. The summed E-state index contributed by atoms with van der Waals surface area (Å²) in [5, 5.41) is 3.78. The Balaban J connectivity index is 1.11. The molecule has 1 unspecified atom stereocenters. The second-order valence-electron chi connectivity index (χ2n) is 13.0. The van der Waals surface area contributed by atoms with Crippen LogP contribution >= 0.6 is 0 Å². The van der Waals surface area contributed by atoms with Crippen molar-refractivity contribution in [2.45, 2.75) is 37.8 Å². The number of aromatic nitrogens is 3. The lowest BCUT2D eigenvalue weighted by molar-refractivity contribution is 0.0781. The van der Waals surface area contributed by atoms with Crippen LogP contribution in [0.1, 0.15) is 46.7 Å². The van der Waals surface area contributed by atoms with E-state index in [1.54, 1.807) is 51.7 Å². The number of carbonyl (C=O) groups is 1. The summed E-state index contributed by atoms with van der Waals surface area (Å²) < 4.78 is 24.2. The highest BCUT2D eigenvalue weighted by atomic mass is 16.5. The monoisotopic (exact) mass is 692 g/mol. The van der Waals surface area contributed by atoms with E-state index < -0.39 is 0 Å². The normalized spacial score (nSPS) is 14.2. The molecule has 1 atom stereocenters. The quantitative estimate of drug-likeness (QED) is 0.135. The summed E-state index contributed by atoms with van der Waals surface area (Å²) in [6, 6.07) is 24.3. The molecular formula is C40H48N6O5. The molecule has 1 aliphatic heterocycles. The Bertz CT molecular complexity index is 1860. The van der Waals surface area contributed by atoms with Crippen LogP contribution in [0.3, 0.4) is 0 Å². The second kappa shape index (κ2) is 16.6. The van der Waals surface area contributed by atoms with Crippen LogP contribution in [0.5, 0.6) is 23.0 Å². The number of fused-ring (bicyclic) bond motifs is 1. The van der Waals surface area contributed by atoms with Crippen LogP contribution in [-0.4, -0.2) is 97.9 Å². The van der Waals surface area contributed by atoms with Crippen molar-refractivity contribution in [2.75, 3.05) is 67.0 Å². The van der Waals surface area contributed by atoms with E-state index in [9.17, 15) is 4.79 Å². The number of rotatable bonds is 15. The molecule has 3 aromatic carbocycles. The minimum Gasteiger partial charge on any atom is -0.497 e. The van der Waals surface area contributed by atoms with Gasteiger partial charge in [-0.3, -0.25) is 9.78 Å². The zero-order valence-electron chi connectivity index (χ0n) is 30.2. The van der Waals surface area contributed by atoms with E-state index >= 15 is 0 Å². The van der Waals surface area contributed by atoms with Gasteiger partial charge in [0.25, 0.3) is 5.91 Å². The number of likely N-dealkylation sites (tertiary alicyclic amines) is 1. The Labute approximate surface area is 300 Å². The van der Waals surface area contributed by atoms with Gasteiger partial charge in [-0.25, -0.2) is 4.98 Å².